The highest BCUT2D eigenvalue weighted by Gasteiger charge is 2.36. The predicted octanol–water partition coefficient (Wildman–Crippen LogP) is 2.06. The van der Waals surface area contributed by atoms with E-state index < -0.39 is 11.9 Å². The minimum atomic E-state index is -0.814. The average molecular weight is 347 g/mol. The van der Waals surface area contributed by atoms with Gasteiger partial charge in [-0.3, -0.25) is 9.59 Å². The Hall–Kier alpha value is -2.02. The summed E-state index contributed by atoms with van der Waals surface area (Å²) in [5, 5.41) is 9.14. The SMILES string of the molecule is Cc1ccc2nc(CSCC(=O)N3C[C@@H](C)[C@H](C(=O)O)C3)cn2c1. The summed E-state index contributed by atoms with van der Waals surface area (Å²) in [5.74, 6) is -0.219. The van der Waals surface area contributed by atoms with Gasteiger partial charge in [0.25, 0.3) is 0 Å². The van der Waals surface area contributed by atoms with Gasteiger partial charge in [0.05, 0.1) is 17.4 Å². The minimum absolute atomic E-state index is 0.00945. The van der Waals surface area contributed by atoms with Crippen LogP contribution in [0.3, 0.4) is 0 Å². The highest BCUT2D eigenvalue weighted by Crippen LogP contribution is 2.24. The zero-order valence-electron chi connectivity index (χ0n) is 13.8. The zero-order valence-corrected chi connectivity index (χ0v) is 14.6. The first-order chi connectivity index (χ1) is 11.4. The van der Waals surface area contributed by atoms with Crippen LogP contribution in [-0.2, 0) is 15.3 Å². The first-order valence-corrected chi connectivity index (χ1v) is 9.12. The number of pyridine rings is 1. The number of aromatic nitrogens is 2. The number of hydrogen-bond donors (Lipinski definition) is 1. The molecule has 0 bridgehead atoms. The third-order valence-corrected chi connectivity index (χ3v) is 5.36. The van der Waals surface area contributed by atoms with Crippen LogP contribution in [0.1, 0.15) is 18.2 Å². The second-order valence-corrected chi connectivity index (χ2v) is 7.40. The highest BCUT2D eigenvalue weighted by atomic mass is 32.2. The Labute approximate surface area is 144 Å². The molecule has 3 heterocycles. The maximum Gasteiger partial charge on any atom is 0.308 e. The van der Waals surface area contributed by atoms with Gasteiger partial charge in [-0.25, -0.2) is 4.98 Å². The number of carbonyl (C=O) groups is 2. The van der Waals surface area contributed by atoms with Gasteiger partial charge < -0.3 is 14.4 Å². The summed E-state index contributed by atoms with van der Waals surface area (Å²) in [6.07, 6.45) is 4.01. The number of carboxylic acids is 1. The monoisotopic (exact) mass is 347 g/mol. The van der Waals surface area contributed by atoms with E-state index in [1.807, 2.05) is 42.8 Å². The van der Waals surface area contributed by atoms with E-state index in [-0.39, 0.29) is 11.8 Å². The molecule has 1 fully saturated rings. The van der Waals surface area contributed by atoms with Crippen molar-refractivity contribution in [2.45, 2.75) is 19.6 Å². The van der Waals surface area contributed by atoms with E-state index in [9.17, 15) is 9.59 Å². The number of aliphatic carboxylic acids is 1. The number of amides is 1. The van der Waals surface area contributed by atoms with Gasteiger partial charge in [0.1, 0.15) is 5.65 Å². The number of fused-ring (bicyclic) bond motifs is 1. The number of rotatable bonds is 5. The van der Waals surface area contributed by atoms with Gasteiger partial charge in [-0.05, 0) is 24.5 Å². The van der Waals surface area contributed by atoms with Crippen molar-refractivity contribution in [3.8, 4) is 0 Å². The molecule has 1 aliphatic heterocycles. The van der Waals surface area contributed by atoms with Crippen LogP contribution >= 0.6 is 11.8 Å². The molecule has 2 aromatic rings. The van der Waals surface area contributed by atoms with E-state index in [2.05, 4.69) is 4.98 Å². The zero-order chi connectivity index (χ0) is 17.3. The van der Waals surface area contributed by atoms with Crippen molar-refractivity contribution >= 4 is 29.3 Å². The number of likely N-dealkylation sites (tertiary alicyclic amines) is 1. The molecule has 0 aromatic carbocycles. The van der Waals surface area contributed by atoms with Crippen LogP contribution in [0.2, 0.25) is 0 Å². The lowest BCUT2D eigenvalue weighted by atomic mass is 9.99. The molecule has 2 atom stereocenters. The molecule has 2 aromatic heterocycles. The maximum atomic E-state index is 12.3. The molecule has 1 saturated heterocycles. The van der Waals surface area contributed by atoms with Gasteiger partial charge in [-0.1, -0.05) is 13.0 Å². The Morgan fingerprint density at radius 1 is 1.33 bits per heavy atom. The largest absolute Gasteiger partial charge is 0.481 e. The normalized spacial score (nSPS) is 20.7. The minimum Gasteiger partial charge on any atom is -0.481 e. The molecule has 1 N–H and O–H groups in total. The molecule has 0 aliphatic carbocycles. The number of imidazole rings is 1. The van der Waals surface area contributed by atoms with Crippen LogP contribution in [0.15, 0.2) is 24.5 Å². The molecule has 6 nitrogen and oxygen atoms in total. The Kier molecular flexibility index (Phi) is 4.80. The molecule has 3 rings (SSSR count). The number of thioether (sulfide) groups is 1. The average Bonchev–Trinajstić information content (AvgIpc) is 3.09. The number of aryl methyl sites for hydroxylation is 1. The van der Waals surface area contributed by atoms with Gasteiger partial charge in [-0.15, -0.1) is 11.8 Å². The maximum absolute atomic E-state index is 12.3. The number of hydrogen-bond acceptors (Lipinski definition) is 4. The Morgan fingerprint density at radius 3 is 2.83 bits per heavy atom. The third-order valence-electron chi connectivity index (χ3n) is 4.41. The van der Waals surface area contributed by atoms with E-state index in [4.69, 9.17) is 5.11 Å². The van der Waals surface area contributed by atoms with Gasteiger partial charge in [0.15, 0.2) is 0 Å². The van der Waals surface area contributed by atoms with Crippen LogP contribution in [-0.4, -0.2) is 50.1 Å². The van der Waals surface area contributed by atoms with E-state index in [1.54, 1.807) is 4.90 Å². The van der Waals surface area contributed by atoms with E-state index in [1.165, 1.54) is 17.3 Å². The molecule has 24 heavy (non-hydrogen) atoms. The number of carbonyl (C=O) groups excluding carboxylic acids is 1. The lowest BCUT2D eigenvalue weighted by Crippen LogP contribution is -2.31. The summed E-state index contributed by atoms with van der Waals surface area (Å²) in [6, 6.07) is 4.00. The molecule has 0 spiro atoms. The van der Waals surface area contributed by atoms with Crippen molar-refractivity contribution in [3.63, 3.8) is 0 Å². The molecular formula is C17H21N3O3S. The van der Waals surface area contributed by atoms with Crippen LogP contribution in [0.25, 0.3) is 5.65 Å². The topological polar surface area (TPSA) is 74.9 Å². The fourth-order valence-electron chi connectivity index (χ4n) is 3.05. The summed E-state index contributed by atoms with van der Waals surface area (Å²) >= 11 is 1.52. The van der Waals surface area contributed by atoms with Gasteiger partial charge in [-0.2, -0.15) is 0 Å². The molecule has 0 unspecified atom stereocenters. The fraction of sp³-hybridized carbons (Fsp3) is 0.471. The Bertz CT molecular complexity index is 774. The number of carboxylic acid groups (broad SMARTS) is 1. The molecule has 0 radical (unpaired) electrons. The van der Waals surface area contributed by atoms with E-state index >= 15 is 0 Å². The summed E-state index contributed by atoms with van der Waals surface area (Å²) in [7, 11) is 0. The van der Waals surface area contributed by atoms with Crippen LogP contribution < -0.4 is 0 Å². The summed E-state index contributed by atoms with van der Waals surface area (Å²) in [4.78, 5) is 29.6. The van der Waals surface area contributed by atoms with Crippen LogP contribution in [0.4, 0.5) is 0 Å². The third kappa shape index (κ3) is 3.56. The lowest BCUT2D eigenvalue weighted by molar-refractivity contribution is -0.142. The van der Waals surface area contributed by atoms with Gasteiger partial charge in [0.2, 0.25) is 5.91 Å². The van der Waals surface area contributed by atoms with Crippen molar-refractivity contribution < 1.29 is 14.7 Å². The first kappa shape index (κ1) is 16.8. The fourth-order valence-corrected chi connectivity index (χ4v) is 3.86. The predicted molar refractivity (Wildman–Crippen MR) is 93.0 cm³/mol. The number of nitrogens with zero attached hydrogens (tertiary/aromatic N) is 3. The highest BCUT2D eigenvalue weighted by molar-refractivity contribution is 7.99. The van der Waals surface area contributed by atoms with E-state index in [0.717, 1.165) is 11.3 Å². The molecule has 1 amide bonds. The van der Waals surface area contributed by atoms with Crippen molar-refractivity contribution in [2.75, 3.05) is 18.8 Å². The molecule has 128 valence electrons. The van der Waals surface area contributed by atoms with Gasteiger partial charge >= 0.3 is 5.97 Å². The first-order valence-electron chi connectivity index (χ1n) is 7.96. The molecular weight excluding hydrogens is 326 g/mol. The molecule has 0 saturated carbocycles. The summed E-state index contributed by atoms with van der Waals surface area (Å²) in [6.45, 7) is 4.78. The van der Waals surface area contributed by atoms with Crippen molar-refractivity contribution in [1.29, 1.82) is 0 Å². The van der Waals surface area contributed by atoms with Crippen molar-refractivity contribution in [1.82, 2.24) is 14.3 Å². The van der Waals surface area contributed by atoms with Crippen LogP contribution in [0.5, 0.6) is 0 Å². The summed E-state index contributed by atoms with van der Waals surface area (Å²) < 4.78 is 1.99. The summed E-state index contributed by atoms with van der Waals surface area (Å²) in [5.41, 5.74) is 3.02. The van der Waals surface area contributed by atoms with E-state index in [0.29, 0.717) is 24.6 Å². The molecule has 7 heteroatoms. The van der Waals surface area contributed by atoms with Crippen LogP contribution in [0, 0.1) is 18.8 Å². The Balaban J connectivity index is 1.52. The standard InChI is InChI=1S/C17H21N3O3S/c1-11-3-4-15-18-13(7-19(15)5-11)9-24-10-16(21)20-6-12(2)14(8-20)17(22)23/h3-5,7,12,14H,6,8-10H2,1-2H3,(H,22,23)/t12-,14-/m1/s1. The van der Waals surface area contributed by atoms with Crippen molar-refractivity contribution in [2.24, 2.45) is 11.8 Å². The second kappa shape index (κ2) is 6.84. The van der Waals surface area contributed by atoms with Gasteiger partial charge in [0, 0.05) is 31.2 Å². The smallest absolute Gasteiger partial charge is 0.308 e. The second-order valence-electron chi connectivity index (χ2n) is 6.42. The quantitative estimate of drug-likeness (QED) is 0.896. The van der Waals surface area contributed by atoms with Crippen molar-refractivity contribution in [3.05, 3.63) is 35.8 Å². The Morgan fingerprint density at radius 2 is 2.12 bits per heavy atom. The molecule has 1 aliphatic rings. The lowest BCUT2D eigenvalue weighted by Gasteiger charge is -2.15.